The number of ether oxygens (including phenoxy) is 2. The Morgan fingerprint density at radius 3 is 2.42 bits per heavy atom. The smallest absolute Gasteiger partial charge is 0.353 e. The van der Waals surface area contributed by atoms with E-state index < -0.39 is 24.4 Å². The number of Topliss-reactive ketones (excluding diaryl/α,β-unsaturated/α-hetero) is 2. The number of fused-ring (bicyclic) bond motifs is 1. The zero-order chi connectivity index (χ0) is 23.8. The first-order chi connectivity index (χ1) is 15.6. The minimum Gasteiger partial charge on any atom is -0.482 e. The average Bonchev–Trinajstić information content (AvgIpc) is 2.72. The van der Waals surface area contributed by atoms with Crippen LogP contribution in [0.2, 0.25) is 5.02 Å². The van der Waals surface area contributed by atoms with Gasteiger partial charge < -0.3 is 14.6 Å². The summed E-state index contributed by atoms with van der Waals surface area (Å²) in [6, 6.07) is 5.02. The van der Waals surface area contributed by atoms with E-state index in [-0.39, 0.29) is 35.7 Å². The highest BCUT2D eigenvalue weighted by Gasteiger charge is 2.39. The van der Waals surface area contributed by atoms with Gasteiger partial charge in [0.15, 0.2) is 11.9 Å². The zero-order valence-electron chi connectivity index (χ0n) is 18.8. The summed E-state index contributed by atoms with van der Waals surface area (Å²) in [5, 5.41) is 10.9. The number of hydrogen-bond donors (Lipinski definition) is 1. The van der Waals surface area contributed by atoms with Crippen LogP contribution < -0.4 is 4.74 Å². The SMILES string of the molecule is CC(F)(F)OC1CC(CC(=O)C2CCC(CC(=O)[C@H]3C[C@@H](O)c4cc(Cl)ccc4O3)CC2)C1. The van der Waals surface area contributed by atoms with Crippen LogP contribution in [0.5, 0.6) is 5.75 Å². The number of aliphatic hydroxyl groups is 1. The maximum absolute atomic E-state index is 12.9. The fourth-order valence-corrected chi connectivity index (χ4v) is 5.58. The molecular weight excluding hydrogens is 454 g/mol. The fourth-order valence-electron chi connectivity index (χ4n) is 5.40. The number of ketones is 2. The largest absolute Gasteiger partial charge is 0.482 e. The first kappa shape index (κ1) is 24.6. The van der Waals surface area contributed by atoms with E-state index in [1.807, 2.05) is 0 Å². The van der Waals surface area contributed by atoms with Gasteiger partial charge in [-0.05, 0) is 68.6 Å². The maximum atomic E-state index is 12.9. The Hall–Kier alpha value is -1.57. The minimum absolute atomic E-state index is 0.00619. The van der Waals surface area contributed by atoms with Crippen LogP contribution in [0.3, 0.4) is 0 Å². The van der Waals surface area contributed by atoms with Gasteiger partial charge in [-0.15, -0.1) is 0 Å². The van der Waals surface area contributed by atoms with E-state index in [4.69, 9.17) is 16.3 Å². The molecule has 2 aliphatic carbocycles. The summed E-state index contributed by atoms with van der Waals surface area (Å²) in [4.78, 5) is 25.5. The third kappa shape index (κ3) is 6.31. The molecule has 2 fully saturated rings. The third-order valence-electron chi connectivity index (χ3n) is 7.24. The molecular formula is C25H31ClF2O5. The van der Waals surface area contributed by atoms with Gasteiger partial charge in [-0.3, -0.25) is 9.59 Å². The topological polar surface area (TPSA) is 72.8 Å². The molecule has 2 atom stereocenters. The number of carbonyl (C=O) groups excluding carboxylic acids is 2. The Kier molecular flexibility index (Phi) is 7.41. The third-order valence-corrected chi connectivity index (χ3v) is 7.48. The number of hydrogen-bond acceptors (Lipinski definition) is 5. The highest BCUT2D eigenvalue weighted by Crippen LogP contribution is 2.40. The predicted octanol–water partition coefficient (Wildman–Crippen LogP) is 5.66. The van der Waals surface area contributed by atoms with Crippen molar-refractivity contribution in [1.82, 2.24) is 0 Å². The standard InChI is InChI=1S/C25H31ClF2O5/c1-25(27,28)33-18-8-15(9-18)11-20(29)16-4-2-14(3-5-16)10-22(31)24-13-21(30)19-12-17(26)6-7-23(19)32-24/h6-7,12,14-16,18,21,24,30H,2-5,8-11,13H2,1H3/t14?,15?,16?,18?,21-,24-/m1/s1. The Bertz CT molecular complexity index is 872. The van der Waals surface area contributed by atoms with Crippen LogP contribution in [-0.4, -0.2) is 35.0 Å². The Balaban J connectivity index is 1.19. The van der Waals surface area contributed by atoms with Gasteiger partial charge >= 0.3 is 6.11 Å². The summed E-state index contributed by atoms with van der Waals surface area (Å²) in [6.07, 6.45) is 0.171. The highest BCUT2D eigenvalue weighted by atomic mass is 35.5. The van der Waals surface area contributed by atoms with Crippen molar-refractivity contribution in [2.75, 3.05) is 0 Å². The van der Waals surface area contributed by atoms with Gasteiger partial charge in [0.05, 0.1) is 12.2 Å². The second-order valence-corrected chi connectivity index (χ2v) is 10.4. The van der Waals surface area contributed by atoms with Crippen molar-refractivity contribution < 1.29 is 33.0 Å². The minimum atomic E-state index is -3.12. The molecule has 3 aliphatic rings. The van der Waals surface area contributed by atoms with E-state index in [1.54, 1.807) is 18.2 Å². The molecule has 1 aromatic rings. The van der Waals surface area contributed by atoms with Crippen molar-refractivity contribution in [2.24, 2.45) is 17.8 Å². The summed E-state index contributed by atoms with van der Waals surface area (Å²) >= 11 is 5.98. The second-order valence-electron chi connectivity index (χ2n) is 9.98. The highest BCUT2D eigenvalue weighted by molar-refractivity contribution is 6.30. The number of alkyl halides is 2. The summed E-state index contributed by atoms with van der Waals surface area (Å²) in [5.41, 5.74) is 0.610. The summed E-state index contributed by atoms with van der Waals surface area (Å²) < 4.78 is 36.3. The van der Waals surface area contributed by atoms with Gasteiger partial charge in [0.25, 0.3) is 0 Å². The van der Waals surface area contributed by atoms with E-state index in [2.05, 4.69) is 4.74 Å². The summed E-state index contributed by atoms with van der Waals surface area (Å²) in [7, 11) is 0. The van der Waals surface area contributed by atoms with E-state index in [1.165, 1.54) is 0 Å². The van der Waals surface area contributed by atoms with Gasteiger partial charge in [0.2, 0.25) is 0 Å². The normalized spacial score (nSPS) is 31.8. The van der Waals surface area contributed by atoms with Crippen LogP contribution in [0.1, 0.15) is 76.4 Å². The van der Waals surface area contributed by atoms with Gasteiger partial charge in [-0.1, -0.05) is 11.6 Å². The molecule has 0 aromatic heterocycles. The second kappa shape index (κ2) is 9.96. The summed E-state index contributed by atoms with van der Waals surface area (Å²) in [5.74, 6) is 1.03. The lowest BCUT2D eigenvalue weighted by Crippen LogP contribution is -2.38. The molecule has 182 valence electrons. The van der Waals surface area contributed by atoms with Crippen molar-refractivity contribution >= 4 is 23.2 Å². The molecule has 2 saturated carbocycles. The van der Waals surface area contributed by atoms with E-state index in [9.17, 15) is 23.5 Å². The van der Waals surface area contributed by atoms with E-state index >= 15 is 0 Å². The summed E-state index contributed by atoms with van der Waals surface area (Å²) in [6.45, 7) is 0.742. The number of aliphatic hydroxyl groups excluding tert-OH is 1. The first-order valence-corrected chi connectivity index (χ1v) is 12.2. The molecule has 1 N–H and O–H groups in total. The Morgan fingerprint density at radius 1 is 1.09 bits per heavy atom. The molecule has 1 aliphatic heterocycles. The van der Waals surface area contributed by atoms with Crippen LogP contribution in [0.4, 0.5) is 8.78 Å². The van der Waals surface area contributed by atoms with Crippen LogP contribution in [0.25, 0.3) is 0 Å². The van der Waals surface area contributed by atoms with Gasteiger partial charge in [-0.2, -0.15) is 8.78 Å². The molecule has 0 bridgehead atoms. The lowest BCUT2D eigenvalue weighted by atomic mass is 9.73. The Morgan fingerprint density at radius 2 is 1.76 bits per heavy atom. The predicted molar refractivity (Wildman–Crippen MR) is 118 cm³/mol. The zero-order valence-corrected chi connectivity index (χ0v) is 19.5. The van der Waals surface area contributed by atoms with Crippen molar-refractivity contribution in [1.29, 1.82) is 0 Å². The molecule has 4 rings (SSSR count). The van der Waals surface area contributed by atoms with Crippen LogP contribution in [0, 0.1) is 17.8 Å². The van der Waals surface area contributed by atoms with Crippen LogP contribution >= 0.6 is 11.6 Å². The van der Waals surface area contributed by atoms with Crippen molar-refractivity contribution in [3.8, 4) is 5.75 Å². The quantitative estimate of drug-likeness (QED) is 0.515. The fraction of sp³-hybridized carbons (Fsp3) is 0.680. The number of halogens is 3. The lowest BCUT2D eigenvalue weighted by Gasteiger charge is -2.37. The Labute approximate surface area is 197 Å². The van der Waals surface area contributed by atoms with Crippen LogP contribution in [0.15, 0.2) is 18.2 Å². The molecule has 0 spiro atoms. The van der Waals surface area contributed by atoms with Gasteiger partial charge in [0, 0.05) is 42.7 Å². The lowest BCUT2D eigenvalue weighted by molar-refractivity contribution is -0.268. The molecule has 0 saturated heterocycles. The van der Waals surface area contributed by atoms with Crippen molar-refractivity contribution in [3.05, 3.63) is 28.8 Å². The maximum Gasteiger partial charge on any atom is 0.353 e. The average molecular weight is 485 g/mol. The molecule has 0 unspecified atom stereocenters. The molecule has 0 amide bonds. The monoisotopic (exact) mass is 484 g/mol. The molecule has 33 heavy (non-hydrogen) atoms. The molecule has 8 heteroatoms. The number of carbonyl (C=O) groups is 2. The van der Waals surface area contributed by atoms with Crippen molar-refractivity contribution in [3.63, 3.8) is 0 Å². The molecule has 1 heterocycles. The number of rotatable bonds is 8. The van der Waals surface area contributed by atoms with E-state index in [0.29, 0.717) is 42.0 Å². The van der Waals surface area contributed by atoms with Crippen LogP contribution in [-0.2, 0) is 14.3 Å². The number of benzene rings is 1. The van der Waals surface area contributed by atoms with E-state index in [0.717, 1.165) is 32.6 Å². The molecule has 0 radical (unpaired) electrons. The van der Waals surface area contributed by atoms with Crippen molar-refractivity contribution in [2.45, 2.75) is 89.1 Å². The first-order valence-electron chi connectivity index (χ1n) is 11.8. The molecule has 5 nitrogen and oxygen atoms in total. The van der Waals surface area contributed by atoms with Gasteiger partial charge in [0.1, 0.15) is 11.5 Å². The molecule has 1 aromatic carbocycles. The van der Waals surface area contributed by atoms with Gasteiger partial charge in [-0.25, -0.2) is 0 Å².